The van der Waals surface area contributed by atoms with Gasteiger partial charge < -0.3 is 10.6 Å². The summed E-state index contributed by atoms with van der Waals surface area (Å²) in [4.78, 5) is 37.4. The number of nitrogens with zero attached hydrogens (tertiary/aromatic N) is 1. The molecule has 240 valence electrons. The third-order valence-electron chi connectivity index (χ3n) is 6.53. The van der Waals surface area contributed by atoms with Crippen LogP contribution in [0, 0.1) is 15.9 Å². The van der Waals surface area contributed by atoms with Crippen molar-refractivity contribution < 1.29 is 27.3 Å². The highest BCUT2D eigenvalue weighted by molar-refractivity contribution is 7.99. The quantitative estimate of drug-likeness (QED) is 0.0896. The minimum absolute atomic E-state index is 0.00428. The number of carbonyl (C=O) groups excluding carboxylic acids is 2. The zero-order chi connectivity index (χ0) is 33.5. The van der Waals surface area contributed by atoms with Crippen LogP contribution in [0.2, 0.25) is 0 Å². The van der Waals surface area contributed by atoms with Crippen LogP contribution in [-0.2, 0) is 14.8 Å². The van der Waals surface area contributed by atoms with Crippen molar-refractivity contribution in [3.05, 3.63) is 119 Å². The third kappa shape index (κ3) is 9.62. The van der Waals surface area contributed by atoms with Gasteiger partial charge in [0.1, 0.15) is 11.5 Å². The molecule has 0 aromatic heterocycles. The fourth-order valence-electron chi connectivity index (χ4n) is 4.43. The lowest BCUT2D eigenvalue weighted by atomic mass is 10.0. The van der Waals surface area contributed by atoms with Gasteiger partial charge >= 0.3 is 0 Å². The van der Waals surface area contributed by atoms with Gasteiger partial charge in [0.15, 0.2) is 0 Å². The van der Waals surface area contributed by atoms with E-state index in [0.717, 1.165) is 17.0 Å². The second-order valence-electron chi connectivity index (χ2n) is 11.4. The lowest BCUT2D eigenvalue weighted by Crippen LogP contribution is -2.43. The second kappa shape index (κ2) is 14.6. The van der Waals surface area contributed by atoms with Gasteiger partial charge in [0, 0.05) is 40.3 Å². The maximum absolute atomic E-state index is 13.2. The summed E-state index contributed by atoms with van der Waals surface area (Å²) in [5.74, 6) is -1.19. The molecule has 0 aliphatic heterocycles. The van der Waals surface area contributed by atoms with Crippen LogP contribution in [0.5, 0.6) is 0 Å². The van der Waals surface area contributed by atoms with Gasteiger partial charge in [0.2, 0.25) is 5.91 Å². The molecule has 0 saturated carbocycles. The molecule has 0 fully saturated rings. The molecular weight excluding hydrogens is 632 g/mol. The maximum atomic E-state index is 13.2. The van der Waals surface area contributed by atoms with Gasteiger partial charge in [0.25, 0.3) is 21.6 Å². The Bertz CT molecular complexity index is 1810. The summed E-state index contributed by atoms with van der Waals surface area (Å²) >= 11 is 1.46. The molecule has 2 amide bonds. The van der Waals surface area contributed by atoms with E-state index in [1.807, 2.05) is 55.8 Å². The first-order chi connectivity index (χ1) is 21.7. The Morgan fingerprint density at radius 2 is 1.52 bits per heavy atom. The van der Waals surface area contributed by atoms with Crippen LogP contribution in [0.25, 0.3) is 11.1 Å². The second-order valence-corrected chi connectivity index (χ2v) is 14.2. The highest BCUT2D eigenvalue weighted by Gasteiger charge is 2.26. The smallest absolute Gasteiger partial charge is 0.293 e. The average Bonchev–Trinajstić information content (AvgIpc) is 2.99. The summed E-state index contributed by atoms with van der Waals surface area (Å²) in [7, 11) is -4.50. The summed E-state index contributed by atoms with van der Waals surface area (Å²) < 4.78 is 41.4. The molecule has 0 aliphatic carbocycles. The van der Waals surface area contributed by atoms with Crippen LogP contribution in [0.4, 0.5) is 15.8 Å². The third-order valence-corrected chi connectivity index (χ3v) is 9.03. The maximum Gasteiger partial charge on any atom is 0.293 e. The standard InChI is InChI=1S/C33H33FN4O6S2/c1-33(2,3)36-31(39)19-26(21-45-27-7-5-4-6-8-27)35-29-18-17-28(20-30(29)38(41)42)46(43,44)37-32(40)24-11-9-22(10-12-24)23-13-15-25(34)16-14-23/h4-18,20,26,35H,19,21H2,1-3H3,(H,36,39)(H,37,40). The number of nitro benzene ring substituents is 1. The number of nitro groups is 1. The highest BCUT2D eigenvalue weighted by atomic mass is 32.2. The topological polar surface area (TPSA) is 148 Å². The van der Waals surface area contributed by atoms with Crippen LogP contribution >= 0.6 is 11.8 Å². The first-order valence-corrected chi connectivity index (χ1v) is 16.6. The van der Waals surface area contributed by atoms with Crippen LogP contribution < -0.4 is 15.4 Å². The number of carbonyl (C=O) groups is 2. The predicted octanol–water partition coefficient (Wildman–Crippen LogP) is 6.40. The van der Waals surface area contributed by atoms with E-state index in [4.69, 9.17) is 0 Å². The lowest BCUT2D eigenvalue weighted by molar-refractivity contribution is -0.384. The molecule has 0 saturated heterocycles. The molecule has 13 heteroatoms. The number of amides is 2. The minimum atomic E-state index is -4.50. The molecule has 0 bridgehead atoms. The first kappa shape index (κ1) is 34.1. The van der Waals surface area contributed by atoms with E-state index in [1.54, 1.807) is 24.3 Å². The summed E-state index contributed by atoms with van der Waals surface area (Å²) in [6, 6.07) is 23.9. The number of rotatable bonds is 12. The van der Waals surface area contributed by atoms with Gasteiger partial charge in [-0.3, -0.25) is 19.7 Å². The molecule has 4 aromatic carbocycles. The van der Waals surface area contributed by atoms with Gasteiger partial charge in [-0.1, -0.05) is 42.5 Å². The van der Waals surface area contributed by atoms with Crippen LogP contribution in [0.1, 0.15) is 37.6 Å². The largest absolute Gasteiger partial charge is 0.375 e. The number of anilines is 1. The van der Waals surface area contributed by atoms with E-state index in [1.165, 1.54) is 42.1 Å². The number of benzene rings is 4. The Morgan fingerprint density at radius 1 is 0.913 bits per heavy atom. The van der Waals surface area contributed by atoms with Gasteiger partial charge in [-0.2, -0.15) is 0 Å². The number of halogens is 1. The average molecular weight is 665 g/mol. The molecule has 46 heavy (non-hydrogen) atoms. The Kier molecular flexibility index (Phi) is 10.8. The number of nitrogens with one attached hydrogen (secondary N) is 3. The molecular formula is C33H33FN4O6S2. The van der Waals surface area contributed by atoms with Crippen LogP contribution in [0.3, 0.4) is 0 Å². The van der Waals surface area contributed by atoms with E-state index in [-0.39, 0.29) is 29.4 Å². The minimum Gasteiger partial charge on any atom is -0.375 e. The molecule has 4 aromatic rings. The summed E-state index contributed by atoms with van der Waals surface area (Å²) in [5, 5.41) is 18.0. The SMILES string of the molecule is CC(C)(C)NC(=O)CC(CSc1ccccc1)Nc1ccc(S(=O)(=O)NC(=O)c2ccc(-c3ccc(F)cc3)cc2)cc1[N+](=O)[O-]. The fourth-order valence-corrected chi connectivity index (χ4v) is 6.36. The molecule has 10 nitrogen and oxygen atoms in total. The van der Waals surface area contributed by atoms with Crippen LogP contribution in [0.15, 0.2) is 107 Å². The Hall–Kier alpha value is -4.75. The Balaban J connectivity index is 1.52. The van der Waals surface area contributed by atoms with Crippen molar-refractivity contribution in [2.24, 2.45) is 0 Å². The summed E-state index contributed by atoms with van der Waals surface area (Å²) in [5.41, 5.74) is 0.436. The fraction of sp³-hybridized carbons (Fsp3) is 0.212. The van der Waals surface area contributed by atoms with E-state index in [2.05, 4.69) is 10.6 Å². The van der Waals surface area contributed by atoms with E-state index >= 15 is 0 Å². The van der Waals surface area contributed by atoms with Crippen molar-refractivity contribution in [1.82, 2.24) is 10.0 Å². The van der Waals surface area contributed by atoms with Gasteiger partial charge in [-0.25, -0.2) is 17.5 Å². The summed E-state index contributed by atoms with van der Waals surface area (Å²) in [6.07, 6.45) is 0.00428. The van der Waals surface area contributed by atoms with Gasteiger partial charge in [-0.15, -0.1) is 11.8 Å². The van der Waals surface area contributed by atoms with Crippen molar-refractivity contribution >= 4 is 45.0 Å². The molecule has 0 aliphatic rings. The molecule has 1 atom stereocenters. The Labute approximate surface area is 271 Å². The monoisotopic (exact) mass is 664 g/mol. The number of sulfonamides is 1. The number of hydrogen-bond acceptors (Lipinski definition) is 8. The van der Waals surface area contributed by atoms with Gasteiger partial charge in [-0.05, 0) is 80.4 Å². The predicted molar refractivity (Wildman–Crippen MR) is 177 cm³/mol. The van der Waals surface area contributed by atoms with Crippen molar-refractivity contribution in [3.8, 4) is 11.1 Å². The highest BCUT2D eigenvalue weighted by Crippen LogP contribution is 2.30. The van der Waals surface area contributed by atoms with E-state index in [0.29, 0.717) is 16.9 Å². The molecule has 4 rings (SSSR count). The Morgan fingerprint density at radius 3 is 2.11 bits per heavy atom. The van der Waals surface area contributed by atoms with Crippen molar-refractivity contribution in [1.29, 1.82) is 0 Å². The van der Waals surface area contributed by atoms with Gasteiger partial charge in [0.05, 0.1) is 9.82 Å². The molecule has 0 spiro atoms. The normalized spacial score (nSPS) is 12.2. The first-order valence-electron chi connectivity index (χ1n) is 14.2. The zero-order valence-corrected chi connectivity index (χ0v) is 27.0. The van der Waals surface area contributed by atoms with Crippen LogP contribution in [-0.4, -0.2) is 42.5 Å². The number of hydrogen-bond donors (Lipinski definition) is 3. The van der Waals surface area contributed by atoms with Crippen molar-refractivity contribution in [2.75, 3.05) is 11.1 Å². The zero-order valence-electron chi connectivity index (χ0n) is 25.3. The van der Waals surface area contributed by atoms with E-state index in [9.17, 15) is 32.5 Å². The molecule has 0 heterocycles. The molecule has 3 N–H and O–H groups in total. The number of thioether (sulfide) groups is 1. The van der Waals surface area contributed by atoms with E-state index < -0.39 is 43.0 Å². The lowest BCUT2D eigenvalue weighted by Gasteiger charge is -2.24. The van der Waals surface area contributed by atoms with Crippen molar-refractivity contribution in [3.63, 3.8) is 0 Å². The molecule has 1 unspecified atom stereocenters. The van der Waals surface area contributed by atoms with Crippen molar-refractivity contribution in [2.45, 2.75) is 48.6 Å². The summed E-state index contributed by atoms with van der Waals surface area (Å²) in [6.45, 7) is 5.54. The molecule has 0 radical (unpaired) electrons.